The van der Waals surface area contributed by atoms with E-state index in [1.165, 1.54) is 44.1 Å². The van der Waals surface area contributed by atoms with Crippen LogP contribution < -0.4 is 0 Å². The van der Waals surface area contributed by atoms with Crippen molar-refractivity contribution in [2.75, 3.05) is 0 Å². The third-order valence-electron chi connectivity index (χ3n) is 6.16. The van der Waals surface area contributed by atoms with Gasteiger partial charge < -0.3 is 10.2 Å². The van der Waals surface area contributed by atoms with Crippen LogP contribution in [0.5, 0.6) is 0 Å². The zero-order valence-electron chi connectivity index (χ0n) is 14.5. The molecule has 0 radical (unpaired) electrons. The normalized spacial score (nSPS) is 22.9. The average molecular weight is 330 g/mol. The lowest BCUT2D eigenvalue weighted by Gasteiger charge is -2.38. The Bertz CT molecular complexity index is 556. The van der Waals surface area contributed by atoms with Gasteiger partial charge in [-0.3, -0.25) is 4.79 Å². The van der Waals surface area contributed by atoms with E-state index in [0.717, 1.165) is 31.2 Å². The van der Waals surface area contributed by atoms with Gasteiger partial charge in [0.2, 0.25) is 0 Å². The highest BCUT2D eigenvalue weighted by atomic mass is 16.4. The number of carboxylic acids is 1. The molecule has 0 aliphatic heterocycles. The number of hydrogen-bond donors (Lipinski definition) is 2. The van der Waals surface area contributed by atoms with E-state index in [0.29, 0.717) is 5.92 Å². The zero-order chi connectivity index (χ0) is 17.0. The molecule has 1 unspecified atom stereocenters. The summed E-state index contributed by atoms with van der Waals surface area (Å²) in [5.41, 5.74) is 0.878. The lowest BCUT2D eigenvalue weighted by molar-refractivity contribution is -0.147. The third-order valence-corrected chi connectivity index (χ3v) is 6.16. The number of rotatable bonds is 5. The van der Waals surface area contributed by atoms with Crippen LogP contribution in [0, 0.1) is 5.92 Å². The van der Waals surface area contributed by atoms with E-state index in [9.17, 15) is 15.0 Å². The second-order valence-electron chi connectivity index (χ2n) is 7.79. The predicted molar refractivity (Wildman–Crippen MR) is 95.0 cm³/mol. The molecule has 1 aromatic rings. The molecule has 24 heavy (non-hydrogen) atoms. The fourth-order valence-electron chi connectivity index (χ4n) is 4.79. The molecule has 0 heterocycles. The summed E-state index contributed by atoms with van der Waals surface area (Å²) in [6.07, 6.45) is 11.3. The Balaban J connectivity index is 1.90. The Morgan fingerprint density at radius 2 is 1.62 bits per heavy atom. The Kier molecular flexibility index (Phi) is 5.60. The summed E-state index contributed by atoms with van der Waals surface area (Å²) in [4.78, 5) is 11.5. The molecule has 2 saturated carbocycles. The van der Waals surface area contributed by atoms with Crippen LogP contribution in [0.2, 0.25) is 0 Å². The van der Waals surface area contributed by atoms with E-state index in [-0.39, 0.29) is 12.3 Å². The van der Waals surface area contributed by atoms with E-state index in [1.54, 1.807) is 0 Å². The first-order valence-electron chi connectivity index (χ1n) is 9.64. The lowest BCUT2D eigenvalue weighted by atomic mass is 9.71. The van der Waals surface area contributed by atoms with Crippen molar-refractivity contribution in [1.82, 2.24) is 0 Å². The number of aliphatic hydroxyl groups is 1. The number of hydrogen-bond acceptors (Lipinski definition) is 2. The van der Waals surface area contributed by atoms with E-state index in [1.807, 2.05) is 12.1 Å². The molecule has 0 bridgehead atoms. The summed E-state index contributed by atoms with van der Waals surface area (Å²) in [5, 5.41) is 20.8. The van der Waals surface area contributed by atoms with Crippen molar-refractivity contribution >= 4 is 5.97 Å². The lowest BCUT2D eigenvalue weighted by Crippen LogP contribution is -2.38. The minimum Gasteiger partial charge on any atom is -0.481 e. The maximum Gasteiger partial charge on any atom is 0.306 e. The minimum atomic E-state index is -1.23. The largest absolute Gasteiger partial charge is 0.481 e. The Hall–Kier alpha value is -1.35. The molecule has 2 fully saturated rings. The summed E-state index contributed by atoms with van der Waals surface area (Å²) < 4.78 is 0. The van der Waals surface area contributed by atoms with Gasteiger partial charge in [-0.05, 0) is 48.6 Å². The maximum atomic E-state index is 11.5. The van der Waals surface area contributed by atoms with Gasteiger partial charge in [0.25, 0.3) is 0 Å². The Morgan fingerprint density at radius 1 is 1.00 bits per heavy atom. The van der Waals surface area contributed by atoms with Crippen molar-refractivity contribution in [3.63, 3.8) is 0 Å². The highest BCUT2D eigenvalue weighted by molar-refractivity contribution is 5.68. The first-order chi connectivity index (χ1) is 11.6. The van der Waals surface area contributed by atoms with E-state index >= 15 is 0 Å². The molecule has 2 aliphatic rings. The van der Waals surface area contributed by atoms with Crippen LogP contribution in [0.15, 0.2) is 24.3 Å². The van der Waals surface area contributed by atoms with Crippen LogP contribution in [-0.2, 0) is 10.4 Å². The van der Waals surface area contributed by atoms with E-state index in [2.05, 4.69) is 12.1 Å². The molecule has 0 aromatic heterocycles. The van der Waals surface area contributed by atoms with Crippen molar-refractivity contribution in [1.29, 1.82) is 0 Å². The van der Waals surface area contributed by atoms with Crippen LogP contribution in [0.3, 0.4) is 0 Å². The minimum absolute atomic E-state index is 0.0592. The van der Waals surface area contributed by atoms with Crippen molar-refractivity contribution in [3.05, 3.63) is 35.4 Å². The van der Waals surface area contributed by atoms with Gasteiger partial charge in [0.1, 0.15) is 5.60 Å². The van der Waals surface area contributed by atoms with Crippen LogP contribution in [0.1, 0.15) is 87.7 Å². The molecule has 0 amide bonds. The molecule has 0 saturated heterocycles. The fraction of sp³-hybridized carbons (Fsp3) is 0.667. The molecule has 132 valence electrons. The molecule has 1 aromatic carbocycles. The summed E-state index contributed by atoms with van der Waals surface area (Å²) >= 11 is 0. The second-order valence-corrected chi connectivity index (χ2v) is 7.79. The van der Waals surface area contributed by atoms with Crippen LogP contribution in [-0.4, -0.2) is 16.2 Å². The molecule has 3 rings (SSSR count). The van der Waals surface area contributed by atoms with Gasteiger partial charge in [0.05, 0.1) is 6.42 Å². The first kappa shape index (κ1) is 17.5. The maximum absolute atomic E-state index is 11.5. The van der Waals surface area contributed by atoms with Crippen LogP contribution >= 0.6 is 0 Å². The van der Waals surface area contributed by atoms with Crippen LogP contribution in [0.25, 0.3) is 0 Å². The molecular formula is C21H30O3. The smallest absolute Gasteiger partial charge is 0.306 e. The average Bonchev–Trinajstić information content (AvgIpc) is 2.63. The highest BCUT2D eigenvalue weighted by Gasteiger charge is 2.41. The van der Waals surface area contributed by atoms with Crippen LogP contribution in [0.4, 0.5) is 0 Å². The molecule has 3 nitrogen and oxygen atoms in total. The molecule has 2 aliphatic carbocycles. The molecule has 2 N–H and O–H groups in total. The second kappa shape index (κ2) is 7.69. The summed E-state index contributed by atoms with van der Waals surface area (Å²) in [7, 11) is 0. The van der Waals surface area contributed by atoms with E-state index in [4.69, 9.17) is 0 Å². The molecule has 1 atom stereocenters. The summed E-state index contributed by atoms with van der Waals surface area (Å²) in [5.74, 6) is -0.283. The summed E-state index contributed by atoms with van der Waals surface area (Å²) in [6.45, 7) is 0. The molecule has 3 heteroatoms. The standard InChI is InChI=1S/C21H30O3/c22-20(23)15-21(24,18-11-5-2-6-12-18)19-13-7-10-17(14-19)16-8-3-1-4-9-16/h7,10,13-14,16,18,24H,1-6,8-9,11-12,15H2,(H,22,23). The van der Waals surface area contributed by atoms with Gasteiger partial charge in [-0.1, -0.05) is 62.8 Å². The Morgan fingerprint density at radius 3 is 2.25 bits per heavy atom. The van der Waals surface area contributed by atoms with Gasteiger partial charge in [0.15, 0.2) is 0 Å². The van der Waals surface area contributed by atoms with Crippen molar-refractivity contribution in [2.45, 2.75) is 82.1 Å². The first-order valence-corrected chi connectivity index (χ1v) is 9.64. The van der Waals surface area contributed by atoms with Crippen molar-refractivity contribution < 1.29 is 15.0 Å². The van der Waals surface area contributed by atoms with Gasteiger partial charge in [-0.2, -0.15) is 0 Å². The number of benzene rings is 1. The van der Waals surface area contributed by atoms with Crippen molar-refractivity contribution in [2.24, 2.45) is 5.92 Å². The monoisotopic (exact) mass is 330 g/mol. The topological polar surface area (TPSA) is 57.5 Å². The van der Waals surface area contributed by atoms with Gasteiger partial charge >= 0.3 is 5.97 Å². The molecule has 0 spiro atoms. The SMILES string of the molecule is O=C(O)CC(O)(c1cccc(C2CCCCC2)c1)C1CCCCC1. The zero-order valence-corrected chi connectivity index (χ0v) is 14.5. The quantitative estimate of drug-likeness (QED) is 0.801. The van der Waals surface area contributed by atoms with Gasteiger partial charge in [-0.25, -0.2) is 0 Å². The highest BCUT2D eigenvalue weighted by Crippen LogP contribution is 2.43. The van der Waals surface area contributed by atoms with E-state index < -0.39 is 11.6 Å². The molecular weight excluding hydrogens is 300 g/mol. The van der Waals surface area contributed by atoms with Gasteiger partial charge in [-0.15, -0.1) is 0 Å². The number of carbonyl (C=O) groups is 1. The Labute approximate surface area is 145 Å². The third kappa shape index (κ3) is 3.83. The summed E-state index contributed by atoms with van der Waals surface area (Å²) in [6, 6.07) is 8.20. The number of carboxylic acid groups (broad SMARTS) is 1. The van der Waals surface area contributed by atoms with Gasteiger partial charge in [0, 0.05) is 0 Å². The predicted octanol–water partition coefficient (Wildman–Crippen LogP) is 4.98. The van der Waals surface area contributed by atoms with Crippen molar-refractivity contribution in [3.8, 4) is 0 Å². The fourth-order valence-corrected chi connectivity index (χ4v) is 4.79. The number of aliphatic carboxylic acids is 1.